The van der Waals surface area contributed by atoms with E-state index in [2.05, 4.69) is 43.0 Å². The molecule has 0 bridgehead atoms. The molecule has 0 spiro atoms. The van der Waals surface area contributed by atoms with E-state index in [0.717, 1.165) is 11.4 Å². The summed E-state index contributed by atoms with van der Waals surface area (Å²) in [6.45, 7) is 8.90. The largest absolute Gasteiger partial charge is 0.383 e. The molecule has 0 aliphatic heterocycles. The van der Waals surface area contributed by atoms with Crippen molar-refractivity contribution in [3.63, 3.8) is 0 Å². The average Bonchev–Trinajstić information content (AvgIpc) is 2.57. The minimum absolute atomic E-state index is 0.336. The zero-order valence-corrected chi connectivity index (χ0v) is 11.8. The Kier molecular flexibility index (Phi) is 3.46. The van der Waals surface area contributed by atoms with Gasteiger partial charge in [-0.15, -0.1) is 0 Å². The van der Waals surface area contributed by atoms with Crippen molar-refractivity contribution in [2.45, 2.75) is 58.9 Å². The van der Waals surface area contributed by atoms with Gasteiger partial charge in [0.2, 0.25) is 0 Å². The molecule has 1 heterocycles. The van der Waals surface area contributed by atoms with Crippen LogP contribution in [-0.2, 0) is 0 Å². The molecule has 1 atom stereocenters. The van der Waals surface area contributed by atoms with Crippen LogP contribution in [-0.4, -0.2) is 16.0 Å². The number of nitrogens with zero attached hydrogens (tertiary/aromatic N) is 2. The third kappa shape index (κ3) is 2.74. The summed E-state index contributed by atoms with van der Waals surface area (Å²) < 4.78 is 0. The van der Waals surface area contributed by atoms with Gasteiger partial charge in [-0.05, 0) is 30.6 Å². The van der Waals surface area contributed by atoms with E-state index in [1.165, 1.54) is 19.3 Å². The Hall–Kier alpha value is -1.32. The average molecular weight is 248 g/mol. The summed E-state index contributed by atoms with van der Waals surface area (Å²) in [7, 11) is 0. The van der Waals surface area contributed by atoms with Crippen molar-refractivity contribution in [3.8, 4) is 0 Å². The molecule has 4 nitrogen and oxygen atoms in total. The molecule has 1 saturated carbocycles. The number of aromatic nitrogens is 2. The highest BCUT2D eigenvalue weighted by Crippen LogP contribution is 2.39. The van der Waals surface area contributed by atoms with Gasteiger partial charge in [0.25, 0.3) is 0 Å². The lowest BCUT2D eigenvalue weighted by Crippen LogP contribution is -2.20. The monoisotopic (exact) mass is 248 g/mol. The summed E-state index contributed by atoms with van der Waals surface area (Å²) in [6, 6.07) is 0.506. The summed E-state index contributed by atoms with van der Waals surface area (Å²) in [5.41, 5.74) is 7.44. The van der Waals surface area contributed by atoms with Crippen LogP contribution in [0.2, 0.25) is 0 Å². The van der Waals surface area contributed by atoms with Crippen molar-refractivity contribution >= 4 is 11.6 Å². The Balaban J connectivity index is 2.17. The number of anilines is 2. The highest BCUT2D eigenvalue weighted by molar-refractivity contribution is 5.57. The Labute approximate surface area is 109 Å². The minimum Gasteiger partial charge on any atom is -0.383 e. The molecule has 1 aromatic heterocycles. The molecule has 1 aliphatic carbocycles. The van der Waals surface area contributed by atoms with E-state index in [1.54, 1.807) is 6.33 Å². The lowest BCUT2D eigenvalue weighted by atomic mass is 9.92. The fourth-order valence-corrected chi connectivity index (χ4v) is 2.85. The van der Waals surface area contributed by atoms with Gasteiger partial charge in [0.05, 0.1) is 0 Å². The molecule has 0 saturated heterocycles. The third-order valence-electron chi connectivity index (χ3n) is 3.80. The highest BCUT2D eigenvalue weighted by Gasteiger charge is 2.31. The molecule has 1 unspecified atom stereocenters. The maximum Gasteiger partial charge on any atom is 0.135 e. The molecule has 18 heavy (non-hydrogen) atoms. The van der Waals surface area contributed by atoms with Gasteiger partial charge >= 0.3 is 0 Å². The number of hydrogen-bond donors (Lipinski definition) is 2. The predicted molar refractivity (Wildman–Crippen MR) is 75.6 cm³/mol. The summed E-state index contributed by atoms with van der Waals surface area (Å²) in [5.74, 6) is 1.85. The van der Waals surface area contributed by atoms with Crippen LogP contribution in [0.25, 0.3) is 0 Å². The van der Waals surface area contributed by atoms with Crippen molar-refractivity contribution in [2.75, 3.05) is 11.1 Å². The summed E-state index contributed by atoms with van der Waals surface area (Å²) >= 11 is 0. The SMILES string of the molecule is CC(C)c1c(N)ncnc1NC1CCC(C)(C)C1. The number of rotatable bonds is 3. The van der Waals surface area contributed by atoms with Crippen LogP contribution in [0.1, 0.15) is 58.4 Å². The van der Waals surface area contributed by atoms with E-state index in [1.807, 2.05) is 0 Å². The van der Waals surface area contributed by atoms with Gasteiger partial charge in [-0.1, -0.05) is 27.7 Å². The smallest absolute Gasteiger partial charge is 0.135 e. The van der Waals surface area contributed by atoms with Crippen molar-refractivity contribution < 1.29 is 0 Å². The highest BCUT2D eigenvalue weighted by atomic mass is 15.1. The Morgan fingerprint density at radius 2 is 2.11 bits per heavy atom. The van der Waals surface area contributed by atoms with E-state index in [4.69, 9.17) is 5.73 Å². The standard InChI is InChI=1S/C14H24N4/c1-9(2)11-12(15)16-8-17-13(11)18-10-5-6-14(3,4)7-10/h8-10H,5-7H2,1-4H3,(H3,15,16,17,18). The number of nitrogen functional groups attached to an aromatic ring is 1. The van der Waals surface area contributed by atoms with Crippen LogP contribution in [0.3, 0.4) is 0 Å². The fraction of sp³-hybridized carbons (Fsp3) is 0.714. The van der Waals surface area contributed by atoms with Crippen LogP contribution in [0.15, 0.2) is 6.33 Å². The van der Waals surface area contributed by atoms with Gasteiger partial charge in [0.15, 0.2) is 0 Å². The second-order valence-corrected chi connectivity index (χ2v) is 6.42. The van der Waals surface area contributed by atoms with E-state index < -0.39 is 0 Å². The predicted octanol–water partition coefficient (Wildman–Crippen LogP) is 3.17. The zero-order chi connectivity index (χ0) is 13.3. The zero-order valence-electron chi connectivity index (χ0n) is 11.8. The fourth-order valence-electron chi connectivity index (χ4n) is 2.85. The molecule has 1 aliphatic rings. The van der Waals surface area contributed by atoms with Crippen molar-refractivity contribution in [3.05, 3.63) is 11.9 Å². The summed E-state index contributed by atoms with van der Waals surface area (Å²) in [5, 5.41) is 3.56. The van der Waals surface area contributed by atoms with Crippen LogP contribution in [0.4, 0.5) is 11.6 Å². The van der Waals surface area contributed by atoms with Gasteiger partial charge in [0.1, 0.15) is 18.0 Å². The quantitative estimate of drug-likeness (QED) is 0.862. The molecule has 0 aromatic carbocycles. The first kappa shape index (κ1) is 13.1. The van der Waals surface area contributed by atoms with Crippen LogP contribution in [0.5, 0.6) is 0 Å². The third-order valence-corrected chi connectivity index (χ3v) is 3.80. The number of hydrogen-bond acceptors (Lipinski definition) is 4. The Bertz CT molecular complexity index is 426. The molecule has 0 radical (unpaired) electrons. The van der Waals surface area contributed by atoms with Gasteiger partial charge in [-0.3, -0.25) is 0 Å². The second kappa shape index (κ2) is 4.75. The van der Waals surface area contributed by atoms with Crippen LogP contribution in [0, 0.1) is 5.41 Å². The molecule has 3 N–H and O–H groups in total. The van der Waals surface area contributed by atoms with Gasteiger partial charge < -0.3 is 11.1 Å². The number of nitrogens with two attached hydrogens (primary N) is 1. The van der Waals surface area contributed by atoms with Gasteiger partial charge in [-0.2, -0.15) is 0 Å². The Morgan fingerprint density at radius 3 is 2.67 bits per heavy atom. The van der Waals surface area contributed by atoms with Crippen molar-refractivity contribution in [1.29, 1.82) is 0 Å². The molecule has 100 valence electrons. The van der Waals surface area contributed by atoms with Gasteiger partial charge in [0, 0.05) is 11.6 Å². The van der Waals surface area contributed by atoms with E-state index in [0.29, 0.717) is 23.2 Å². The van der Waals surface area contributed by atoms with E-state index in [-0.39, 0.29) is 0 Å². The summed E-state index contributed by atoms with van der Waals surface area (Å²) in [4.78, 5) is 8.46. The lowest BCUT2D eigenvalue weighted by molar-refractivity contribution is 0.378. The first-order valence-corrected chi connectivity index (χ1v) is 6.76. The molecule has 4 heteroatoms. The molecule has 2 rings (SSSR count). The molecule has 1 fully saturated rings. The molecular formula is C14H24N4. The first-order chi connectivity index (χ1) is 8.39. The van der Waals surface area contributed by atoms with Crippen LogP contribution >= 0.6 is 0 Å². The molecular weight excluding hydrogens is 224 g/mol. The van der Waals surface area contributed by atoms with Gasteiger partial charge in [-0.25, -0.2) is 9.97 Å². The van der Waals surface area contributed by atoms with Crippen LogP contribution < -0.4 is 11.1 Å². The first-order valence-electron chi connectivity index (χ1n) is 6.76. The molecule has 1 aromatic rings. The maximum atomic E-state index is 5.96. The van der Waals surface area contributed by atoms with E-state index >= 15 is 0 Å². The second-order valence-electron chi connectivity index (χ2n) is 6.42. The van der Waals surface area contributed by atoms with Crippen molar-refractivity contribution in [2.24, 2.45) is 5.41 Å². The lowest BCUT2D eigenvalue weighted by Gasteiger charge is -2.20. The summed E-state index contributed by atoms with van der Waals surface area (Å²) in [6.07, 6.45) is 5.20. The van der Waals surface area contributed by atoms with E-state index in [9.17, 15) is 0 Å². The Morgan fingerprint density at radius 1 is 1.39 bits per heavy atom. The topological polar surface area (TPSA) is 63.8 Å². The minimum atomic E-state index is 0.336. The van der Waals surface area contributed by atoms with Crippen molar-refractivity contribution in [1.82, 2.24) is 9.97 Å². The number of nitrogens with one attached hydrogen (secondary N) is 1. The maximum absolute atomic E-state index is 5.96. The normalized spacial score (nSPS) is 22.4. The molecule has 0 amide bonds.